The monoisotopic (exact) mass is 554 g/mol. The van der Waals surface area contributed by atoms with Crippen LogP contribution >= 0.6 is 51.1 Å². The first-order valence-corrected chi connectivity index (χ1v) is 20.2. The van der Waals surface area contributed by atoms with Crippen LogP contribution in [0.1, 0.15) is 0 Å². The van der Waals surface area contributed by atoms with Crippen LogP contribution in [0.15, 0.2) is 121 Å². The minimum Gasteiger partial charge on any atom is -0.238 e. The maximum atomic E-state index is 2.72. The van der Waals surface area contributed by atoms with E-state index in [4.69, 9.17) is 0 Å². The molecule has 0 aromatic heterocycles. The predicted molar refractivity (Wildman–Crippen MR) is 163 cm³/mol. The minimum atomic E-state index is -0.557. The molecule has 1 aliphatic rings. The van der Waals surface area contributed by atoms with Gasteiger partial charge in [-0.15, -0.1) is 0 Å². The Morgan fingerprint density at radius 2 is 0.588 bits per heavy atom. The molecule has 8 heteroatoms. The van der Waals surface area contributed by atoms with Gasteiger partial charge in [0.05, 0.1) is 29.1 Å². The van der Waals surface area contributed by atoms with E-state index in [0.29, 0.717) is 0 Å². The van der Waals surface area contributed by atoms with Crippen molar-refractivity contribution < 1.29 is 0 Å². The van der Waals surface area contributed by atoms with Gasteiger partial charge in [0, 0.05) is 21.2 Å². The van der Waals surface area contributed by atoms with Crippen LogP contribution in [0.2, 0.25) is 0 Å². The Hall–Kier alpha value is -0.780. The Labute approximate surface area is 215 Å². The fraction of sp³-hybridized carbons (Fsp3) is 0.0769. The van der Waals surface area contributed by atoms with E-state index in [1.54, 1.807) is 0 Å². The van der Waals surface area contributed by atoms with Gasteiger partial charge in [-0.1, -0.05) is 143 Å². The molecule has 0 spiro atoms. The average molecular weight is 555 g/mol. The lowest BCUT2D eigenvalue weighted by atomic mass is 10.4. The van der Waals surface area contributed by atoms with Crippen molar-refractivity contribution >= 4 is 72.3 Å². The molecule has 4 aromatic carbocycles. The molecule has 172 valence electrons. The summed E-state index contributed by atoms with van der Waals surface area (Å²) in [6.45, 7) is 0. The van der Waals surface area contributed by atoms with Gasteiger partial charge in [-0.3, -0.25) is 0 Å². The largest absolute Gasteiger partial charge is 0.238 e. The molecule has 34 heavy (non-hydrogen) atoms. The molecular weight excluding hydrogens is 528 g/mol. The van der Waals surface area contributed by atoms with Gasteiger partial charge in [0.15, 0.2) is 0 Å². The summed E-state index contributed by atoms with van der Waals surface area (Å²) >= 11 is 4.37. The summed E-state index contributed by atoms with van der Waals surface area (Å²) in [5.41, 5.74) is 0. The Balaban J connectivity index is 1.64. The van der Waals surface area contributed by atoms with Gasteiger partial charge in [-0.2, -0.15) is 0 Å². The smallest absolute Gasteiger partial charge is 0.0679 e. The van der Waals surface area contributed by atoms with Crippen LogP contribution in [0.4, 0.5) is 0 Å². The number of rotatable bonds is 4. The molecule has 4 aromatic rings. The maximum Gasteiger partial charge on any atom is 0.0679 e. The van der Waals surface area contributed by atoms with E-state index in [-0.39, 0.29) is 0 Å². The highest BCUT2D eigenvalue weighted by Gasteiger charge is 2.39. The number of hydrogen-bond acceptors (Lipinski definition) is 4. The lowest BCUT2D eigenvalue weighted by molar-refractivity contribution is 0.917. The Morgan fingerprint density at radius 3 is 0.794 bits per heavy atom. The summed E-state index contributed by atoms with van der Waals surface area (Å²) in [5, 5.41) is 5.77. The van der Waals surface area contributed by atoms with Gasteiger partial charge < -0.3 is 0 Å². The zero-order valence-electron chi connectivity index (χ0n) is 19.0. The van der Waals surface area contributed by atoms with E-state index in [2.05, 4.69) is 166 Å². The Kier molecular flexibility index (Phi) is 8.76. The number of hydrogen-bond donors (Lipinski definition) is 0. The first-order valence-electron chi connectivity index (χ1n) is 11.0. The lowest BCUT2D eigenvalue weighted by Gasteiger charge is -2.44. The highest BCUT2D eigenvalue weighted by molar-refractivity contribution is 8.93. The van der Waals surface area contributed by atoms with Crippen LogP contribution in [0.25, 0.3) is 0 Å². The van der Waals surface area contributed by atoms with Gasteiger partial charge in [-0.25, -0.2) is 8.88 Å². The molecule has 1 aliphatic heterocycles. The Morgan fingerprint density at radius 1 is 0.382 bits per heavy atom. The van der Waals surface area contributed by atoms with E-state index in [1.165, 1.54) is 21.2 Å². The van der Waals surface area contributed by atoms with Gasteiger partial charge in [0.2, 0.25) is 0 Å². The molecule has 0 unspecified atom stereocenters. The zero-order valence-corrected chi connectivity index (χ0v) is 24.3. The van der Waals surface area contributed by atoms with E-state index in [1.807, 2.05) is 0 Å². The third kappa shape index (κ3) is 5.62. The molecule has 0 aliphatic carbocycles. The Bertz CT molecular complexity index is 987. The van der Waals surface area contributed by atoms with Crippen molar-refractivity contribution in [1.29, 1.82) is 0 Å². The molecular formula is C26H26N2P4S2. The molecule has 2 nitrogen and oxygen atoms in total. The van der Waals surface area contributed by atoms with E-state index in [9.17, 15) is 0 Å². The molecule has 4 atom stereocenters. The summed E-state index contributed by atoms with van der Waals surface area (Å²) in [5.74, 6) is 0. The first kappa shape index (κ1) is 24.9. The van der Waals surface area contributed by atoms with Gasteiger partial charge in [0.25, 0.3) is 0 Å². The van der Waals surface area contributed by atoms with E-state index >= 15 is 0 Å². The highest BCUT2D eigenvalue weighted by atomic mass is 33.1. The first-order chi connectivity index (χ1) is 16.7. The van der Waals surface area contributed by atoms with Gasteiger partial charge in [0.1, 0.15) is 0 Å². The van der Waals surface area contributed by atoms with Crippen LogP contribution in [0, 0.1) is 0 Å². The minimum absolute atomic E-state index is 0.557. The fourth-order valence-corrected chi connectivity index (χ4v) is 31.7. The second-order valence-electron chi connectivity index (χ2n) is 7.58. The van der Waals surface area contributed by atoms with Crippen LogP contribution < -0.4 is 21.2 Å². The van der Waals surface area contributed by atoms with E-state index < -0.39 is 29.1 Å². The molecule has 5 rings (SSSR count). The van der Waals surface area contributed by atoms with Crippen molar-refractivity contribution in [3.8, 4) is 0 Å². The lowest BCUT2D eigenvalue weighted by Crippen LogP contribution is -2.23. The summed E-state index contributed by atoms with van der Waals surface area (Å²) in [6.07, 6.45) is 0. The molecule has 1 saturated heterocycles. The predicted octanol–water partition coefficient (Wildman–Crippen LogP) is 7.88. The van der Waals surface area contributed by atoms with Crippen LogP contribution in [-0.2, 0) is 0 Å². The molecule has 0 amide bonds. The number of benzene rings is 4. The maximum absolute atomic E-state index is 2.72. The SMILES string of the molecule is CN1[P@@](c2ccccc2)S[P@](c2ccccc2)N(C)[P@](c2ccccc2)S[P@]1c1ccccc1. The molecule has 1 heterocycles. The van der Waals surface area contributed by atoms with Crippen molar-refractivity contribution in [2.24, 2.45) is 0 Å². The van der Waals surface area contributed by atoms with Crippen molar-refractivity contribution in [3.05, 3.63) is 121 Å². The molecule has 0 N–H and O–H groups in total. The zero-order chi connectivity index (χ0) is 23.3. The van der Waals surface area contributed by atoms with Crippen molar-refractivity contribution in [3.63, 3.8) is 0 Å². The molecule has 0 radical (unpaired) electrons. The summed E-state index contributed by atoms with van der Waals surface area (Å²) < 4.78 is 5.43. The number of nitrogens with zero attached hydrogens (tertiary/aromatic N) is 2. The molecule has 0 saturated carbocycles. The summed E-state index contributed by atoms with van der Waals surface area (Å²) in [7, 11) is 2.50. The second kappa shape index (κ2) is 12.0. The molecule has 0 bridgehead atoms. The third-order valence-corrected chi connectivity index (χ3v) is 27.4. The van der Waals surface area contributed by atoms with Crippen molar-refractivity contribution in [2.45, 2.75) is 0 Å². The van der Waals surface area contributed by atoms with Crippen molar-refractivity contribution in [2.75, 3.05) is 14.1 Å². The summed E-state index contributed by atoms with van der Waals surface area (Å²) in [4.78, 5) is 0. The average Bonchev–Trinajstić information content (AvgIpc) is 2.90. The van der Waals surface area contributed by atoms with E-state index in [0.717, 1.165) is 0 Å². The van der Waals surface area contributed by atoms with Gasteiger partial charge in [-0.05, 0) is 14.1 Å². The van der Waals surface area contributed by atoms with Crippen LogP contribution in [0.5, 0.6) is 0 Å². The van der Waals surface area contributed by atoms with Crippen molar-refractivity contribution in [1.82, 2.24) is 8.88 Å². The normalized spacial score (nSPS) is 24.3. The quantitative estimate of drug-likeness (QED) is 0.237. The fourth-order valence-electron chi connectivity index (χ4n) is 3.58. The standard InChI is InChI=1S/C26H26N2P4S2/c1-27-29(23-15-7-3-8-16-23)33-31(25-19-11-5-12-20-25)28(2)32(26-21-13-6-14-22-26)34-30(27)24-17-9-4-10-18-24/h3-22H,1-2H3/t29-,30-,31-,32+/m1/s1. The third-order valence-electron chi connectivity index (χ3n) is 5.27. The van der Waals surface area contributed by atoms with Crippen LogP contribution in [-0.4, -0.2) is 23.0 Å². The highest BCUT2D eigenvalue weighted by Crippen LogP contribution is 2.85. The molecule has 1 fully saturated rings. The topological polar surface area (TPSA) is 6.48 Å². The van der Waals surface area contributed by atoms with Crippen LogP contribution in [0.3, 0.4) is 0 Å². The second-order valence-corrected chi connectivity index (χ2v) is 23.3. The summed E-state index contributed by atoms with van der Waals surface area (Å²) in [6, 6.07) is 44.6. The van der Waals surface area contributed by atoms with Gasteiger partial charge >= 0.3 is 0 Å².